The Kier molecular flexibility index (Phi) is 5.78. The molecule has 21 heavy (non-hydrogen) atoms. The average molecular weight is 361 g/mol. The molecule has 0 bridgehead atoms. The Morgan fingerprint density at radius 2 is 1.71 bits per heavy atom. The molecule has 1 aromatic rings. The van der Waals surface area contributed by atoms with Crippen LogP contribution >= 0.6 is 15.9 Å². The first-order valence-corrected chi connectivity index (χ1v) is 8.49. The number of aliphatic hydroxyl groups excluding tert-OH is 1. The Hall–Kier alpha value is -0.480. The van der Waals surface area contributed by atoms with E-state index in [0.717, 1.165) is 25.7 Å². The Balaban J connectivity index is 2.00. The minimum Gasteiger partial charge on any atom is -0.392 e. The minimum absolute atomic E-state index is 0.0112. The van der Waals surface area contributed by atoms with Crippen LogP contribution in [-0.2, 0) is 6.42 Å². The van der Waals surface area contributed by atoms with Crippen LogP contribution in [0.25, 0.3) is 0 Å². The third-order valence-corrected chi connectivity index (χ3v) is 5.47. The smallest absolute Gasteiger partial charge is 0.143 e. The summed E-state index contributed by atoms with van der Waals surface area (Å²) in [5, 5.41) is 10.3. The fourth-order valence-electron chi connectivity index (χ4n) is 3.33. The van der Waals surface area contributed by atoms with Crippen molar-refractivity contribution in [1.82, 2.24) is 0 Å². The molecule has 0 radical (unpaired) electrons. The van der Waals surface area contributed by atoms with Crippen molar-refractivity contribution in [2.75, 3.05) is 0 Å². The second kappa shape index (κ2) is 7.19. The van der Waals surface area contributed by atoms with Gasteiger partial charge in [-0.2, -0.15) is 0 Å². The van der Waals surface area contributed by atoms with E-state index < -0.39 is 17.7 Å². The zero-order valence-corrected chi connectivity index (χ0v) is 14.2. The van der Waals surface area contributed by atoms with Crippen LogP contribution in [0, 0.1) is 29.4 Å². The van der Waals surface area contributed by atoms with Gasteiger partial charge in [0.15, 0.2) is 0 Å². The van der Waals surface area contributed by atoms with Gasteiger partial charge in [0.1, 0.15) is 11.6 Å². The van der Waals surface area contributed by atoms with Gasteiger partial charge in [-0.3, -0.25) is 0 Å². The van der Waals surface area contributed by atoms with Gasteiger partial charge in [-0.15, -0.1) is 0 Å². The predicted molar refractivity (Wildman–Crippen MR) is 84.1 cm³/mol. The van der Waals surface area contributed by atoms with Crippen molar-refractivity contribution >= 4 is 15.9 Å². The van der Waals surface area contributed by atoms with Crippen molar-refractivity contribution < 1.29 is 13.9 Å². The Morgan fingerprint density at radius 3 is 2.29 bits per heavy atom. The molecule has 1 nitrogen and oxygen atoms in total. The lowest BCUT2D eigenvalue weighted by Crippen LogP contribution is -2.29. The Labute approximate surface area is 133 Å². The van der Waals surface area contributed by atoms with Gasteiger partial charge < -0.3 is 5.11 Å². The largest absolute Gasteiger partial charge is 0.392 e. The highest BCUT2D eigenvalue weighted by Gasteiger charge is 2.29. The number of hydrogen-bond acceptors (Lipinski definition) is 1. The number of rotatable bonds is 4. The van der Waals surface area contributed by atoms with Crippen molar-refractivity contribution in [2.45, 2.75) is 52.1 Å². The van der Waals surface area contributed by atoms with Gasteiger partial charge in [-0.05, 0) is 71.5 Å². The topological polar surface area (TPSA) is 20.2 Å². The van der Waals surface area contributed by atoms with Crippen molar-refractivity contribution in [3.8, 4) is 0 Å². The maximum Gasteiger partial charge on any atom is 0.143 e. The highest BCUT2D eigenvalue weighted by atomic mass is 79.9. The summed E-state index contributed by atoms with van der Waals surface area (Å²) < 4.78 is 28.0. The standard InChI is InChI=1S/C17H23BrF2O/c1-10(2)11-3-5-12(6-4-11)16(21)9-13-15(19)8-7-14(18)17(13)20/h7-8,10-12,16,21H,3-6,9H2,1-2H3. The van der Waals surface area contributed by atoms with E-state index in [4.69, 9.17) is 0 Å². The quantitative estimate of drug-likeness (QED) is 0.741. The van der Waals surface area contributed by atoms with E-state index in [0.29, 0.717) is 11.8 Å². The lowest BCUT2D eigenvalue weighted by molar-refractivity contribution is 0.0662. The Bertz CT molecular complexity index is 482. The minimum atomic E-state index is -0.670. The van der Waals surface area contributed by atoms with Crippen LogP contribution < -0.4 is 0 Å². The summed E-state index contributed by atoms with van der Waals surface area (Å²) in [6.07, 6.45) is 3.47. The van der Waals surface area contributed by atoms with E-state index >= 15 is 0 Å². The van der Waals surface area contributed by atoms with Crippen molar-refractivity contribution in [3.05, 3.63) is 33.8 Å². The van der Waals surface area contributed by atoms with Gasteiger partial charge in [-0.25, -0.2) is 8.78 Å². The molecular formula is C17H23BrF2O. The van der Waals surface area contributed by atoms with Crippen LogP contribution in [0.2, 0.25) is 0 Å². The van der Waals surface area contributed by atoms with Gasteiger partial charge in [0, 0.05) is 12.0 Å². The molecular weight excluding hydrogens is 338 g/mol. The maximum absolute atomic E-state index is 14.0. The molecule has 2 rings (SSSR count). The Morgan fingerprint density at radius 1 is 1.14 bits per heavy atom. The van der Waals surface area contributed by atoms with E-state index in [2.05, 4.69) is 29.8 Å². The first kappa shape index (κ1) is 16.9. The summed E-state index contributed by atoms with van der Waals surface area (Å²) in [6, 6.07) is 2.60. The van der Waals surface area contributed by atoms with Gasteiger partial charge in [0.2, 0.25) is 0 Å². The molecule has 1 fully saturated rings. The van der Waals surface area contributed by atoms with Gasteiger partial charge >= 0.3 is 0 Å². The normalized spacial score (nSPS) is 24.3. The summed E-state index contributed by atoms with van der Waals surface area (Å²) >= 11 is 3.07. The van der Waals surface area contributed by atoms with E-state index in [9.17, 15) is 13.9 Å². The molecule has 0 spiro atoms. The number of aliphatic hydroxyl groups is 1. The zero-order chi connectivity index (χ0) is 15.6. The second-order valence-electron chi connectivity index (χ2n) is 6.51. The van der Waals surface area contributed by atoms with E-state index in [1.165, 1.54) is 12.1 Å². The molecule has 1 aliphatic carbocycles. The molecule has 1 aliphatic rings. The second-order valence-corrected chi connectivity index (χ2v) is 7.37. The van der Waals surface area contributed by atoms with E-state index in [1.807, 2.05) is 0 Å². The van der Waals surface area contributed by atoms with Gasteiger partial charge in [-0.1, -0.05) is 13.8 Å². The van der Waals surface area contributed by atoms with Crippen molar-refractivity contribution in [2.24, 2.45) is 17.8 Å². The maximum atomic E-state index is 14.0. The molecule has 0 saturated heterocycles. The van der Waals surface area contributed by atoms with Crippen molar-refractivity contribution in [3.63, 3.8) is 0 Å². The molecule has 0 aromatic heterocycles. The highest BCUT2D eigenvalue weighted by molar-refractivity contribution is 9.10. The summed E-state index contributed by atoms with van der Waals surface area (Å²) in [7, 11) is 0. The van der Waals surface area contributed by atoms with Crippen molar-refractivity contribution in [1.29, 1.82) is 0 Å². The van der Waals surface area contributed by atoms with Gasteiger partial charge in [0.05, 0.1) is 10.6 Å². The van der Waals surface area contributed by atoms with E-state index in [-0.39, 0.29) is 22.4 Å². The summed E-state index contributed by atoms with van der Waals surface area (Å²) in [5.41, 5.74) is -0.0112. The first-order chi connectivity index (χ1) is 9.90. The van der Waals surface area contributed by atoms with Crippen LogP contribution in [0.4, 0.5) is 8.78 Å². The first-order valence-electron chi connectivity index (χ1n) is 7.70. The lowest BCUT2D eigenvalue weighted by atomic mass is 9.74. The monoisotopic (exact) mass is 360 g/mol. The fraction of sp³-hybridized carbons (Fsp3) is 0.647. The number of hydrogen-bond donors (Lipinski definition) is 1. The predicted octanol–water partition coefficient (Wildman–Crippen LogP) is 5.09. The molecule has 0 aliphatic heterocycles. The molecule has 118 valence electrons. The van der Waals surface area contributed by atoms with Crippen LogP contribution in [0.3, 0.4) is 0 Å². The summed E-state index contributed by atoms with van der Waals surface area (Å²) in [4.78, 5) is 0. The summed E-state index contributed by atoms with van der Waals surface area (Å²) in [5.74, 6) is 0.365. The number of benzene rings is 1. The molecule has 1 unspecified atom stereocenters. The average Bonchev–Trinajstić information content (AvgIpc) is 2.47. The third kappa shape index (κ3) is 4.04. The van der Waals surface area contributed by atoms with Crippen LogP contribution in [0.5, 0.6) is 0 Å². The molecule has 1 atom stereocenters. The third-order valence-electron chi connectivity index (χ3n) is 4.86. The molecule has 4 heteroatoms. The lowest BCUT2D eigenvalue weighted by Gasteiger charge is -2.33. The number of halogens is 3. The SMILES string of the molecule is CC(C)C1CCC(C(O)Cc2c(F)ccc(Br)c2F)CC1. The molecule has 1 aromatic carbocycles. The van der Waals surface area contributed by atoms with Gasteiger partial charge in [0.25, 0.3) is 0 Å². The van der Waals surface area contributed by atoms with E-state index in [1.54, 1.807) is 0 Å². The van der Waals surface area contributed by atoms with Crippen LogP contribution in [0.15, 0.2) is 16.6 Å². The molecule has 1 saturated carbocycles. The summed E-state index contributed by atoms with van der Waals surface area (Å²) in [6.45, 7) is 4.46. The molecule has 0 amide bonds. The highest BCUT2D eigenvalue weighted by Crippen LogP contribution is 2.36. The molecule has 0 heterocycles. The molecule has 1 N–H and O–H groups in total. The van der Waals surface area contributed by atoms with Crippen LogP contribution in [-0.4, -0.2) is 11.2 Å². The zero-order valence-electron chi connectivity index (χ0n) is 12.6. The van der Waals surface area contributed by atoms with Crippen LogP contribution in [0.1, 0.15) is 45.1 Å². The fourth-order valence-corrected chi connectivity index (χ4v) is 3.70.